The molecule has 1 fully saturated rings. The largest absolute Gasteiger partial charge is 0.493 e. The number of rotatable bonds is 9. The van der Waals surface area contributed by atoms with E-state index in [-0.39, 0.29) is 23.4 Å². The molecule has 0 spiro atoms. The van der Waals surface area contributed by atoms with Gasteiger partial charge in [0.05, 0.1) is 13.2 Å². The molecular formula is C24H29F2N3O3. The van der Waals surface area contributed by atoms with Crippen molar-refractivity contribution in [2.24, 2.45) is 0 Å². The minimum atomic E-state index is -2.94. The average Bonchev–Trinajstić information content (AvgIpc) is 2.79. The van der Waals surface area contributed by atoms with Crippen LogP contribution >= 0.6 is 0 Å². The second-order valence-corrected chi connectivity index (χ2v) is 7.70. The molecule has 32 heavy (non-hydrogen) atoms. The van der Waals surface area contributed by atoms with E-state index in [0.717, 1.165) is 38.3 Å². The number of benzene rings is 2. The highest BCUT2D eigenvalue weighted by Gasteiger charge is 2.20. The molecule has 1 aliphatic heterocycles. The Labute approximate surface area is 187 Å². The molecule has 1 atom stereocenters. The lowest BCUT2D eigenvalue weighted by molar-refractivity contribution is -0.117. The van der Waals surface area contributed by atoms with Crippen LogP contribution in [0.3, 0.4) is 0 Å². The van der Waals surface area contributed by atoms with E-state index >= 15 is 0 Å². The molecule has 0 saturated carbocycles. The Bertz CT molecular complexity index is 901. The molecule has 1 unspecified atom stereocenters. The van der Waals surface area contributed by atoms with Crippen LogP contribution < -0.4 is 14.8 Å². The van der Waals surface area contributed by atoms with Gasteiger partial charge in [-0.15, -0.1) is 0 Å². The number of likely N-dealkylation sites (N-methyl/N-ethyl adjacent to an activating group) is 1. The molecule has 1 aliphatic rings. The van der Waals surface area contributed by atoms with Crippen LogP contribution in [-0.4, -0.2) is 69.2 Å². The summed E-state index contributed by atoms with van der Waals surface area (Å²) in [6.45, 7) is 1.71. The Kier molecular flexibility index (Phi) is 8.58. The summed E-state index contributed by atoms with van der Waals surface area (Å²) >= 11 is 0. The van der Waals surface area contributed by atoms with Gasteiger partial charge in [-0.3, -0.25) is 9.69 Å². The third kappa shape index (κ3) is 7.03. The van der Waals surface area contributed by atoms with Crippen LogP contribution in [0.15, 0.2) is 54.6 Å². The Morgan fingerprint density at radius 2 is 1.81 bits per heavy atom. The van der Waals surface area contributed by atoms with Crippen LogP contribution in [0, 0.1) is 0 Å². The number of nitrogens with one attached hydrogen (secondary N) is 1. The molecule has 0 bridgehead atoms. The minimum Gasteiger partial charge on any atom is -0.493 e. The number of nitrogens with zero attached hydrogens (tertiary/aromatic N) is 2. The molecule has 1 saturated heterocycles. The van der Waals surface area contributed by atoms with Crippen LogP contribution in [0.1, 0.15) is 17.2 Å². The highest BCUT2D eigenvalue weighted by molar-refractivity contribution is 5.92. The Morgan fingerprint density at radius 1 is 1.09 bits per heavy atom. The van der Waals surface area contributed by atoms with Gasteiger partial charge < -0.3 is 19.7 Å². The standard InChI is InChI=1S/C24H29F2N3O3/c1-28-12-14-29(15-13-28)17-20(19-6-4-3-5-7-19)27-23(30)11-9-18-8-10-21(32-24(25)26)22(16-18)31-2/h3-11,16,20,24H,12-15,17H2,1-2H3,(H,27,30)/b11-9+. The van der Waals surface area contributed by atoms with E-state index in [4.69, 9.17) is 4.74 Å². The lowest BCUT2D eigenvalue weighted by Gasteiger charge is -2.34. The van der Waals surface area contributed by atoms with E-state index < -0.39 is 6.61 Å². The number of ether oxygens (including phenoxy) is 2. The first-order valence-corrected chi connectivity index (χ1v) is 10.5. The van der Waals surface area contributed by atoms with Crippen molar-refractivity contribution in [1.82, 2.24) is 15.1 Å². The molecule has 1 heterocycles. The van der Waals surface area contributed by atoms with Crippen molar-refractivity contribution in [2.75, 3.05) is 46.9 Å². The van der Waals surface area contributed by atoms with Gasteiger partial charge in [-0.05, 0) is 36.4 Å². The van der Waals surface area contributed by atoms with E-state index in [1.54, 1.807) is 18.2 Å². The Hall–Kier alpha value is -2.97. The van der Waals surface area contributed by atoms with Crippen LogP contribution in [0.4, 0.5) is 8.78 Å². The fourth-order valence-electron chi connectivity index (χ4n) is 3.58. The summed E-state index contributed by atoms with van der Waals surface area (Å²) in [5.74, 6) is -0.120. The third-order valence-electron chi connectivity index (χ3n) is 5.39. The number of carbonyl (C=O) groups is 1. The molecule has 6 nitrogen and oxygen atoms in total. The second kappa shape index (κ2) is 11.6. The van der Waals surface area contributed by atoms with Gasteiger partial charge in [0.2, 0.25) is 5.91 Å². The van der Waals surface area contributed by atoms with Crippen molar-refractivity contribution in [3.8, 4) is 11.5 Å². The van der Waals surface area contributed by atoms with E-state index in [0.29, 0.717) is 5.56 Å². The maximum absolute atomic E-state index is 12.7. The second-order valence-electron chi connectivity index (χ2n) is 7.70. The van der Waals surface area contributed by atoms with Gasteiger partial charge in [-0.25, -0.2) is 0 Å². The zero-order chi connectivity index (χ0) is 22.9. The summed E-state index contributed by atoms with van der Waals surface area (Å²) in [7, 11) is 3.48. The molecule has 0 aliphatic carbocycles. The monoisotopic (exact) mass is 445 g/mol. The average molecular weight is 446 g/mol. The third-order valence-corrected chi connectivity index (χ3v) is 5.39. The number of halogens is 2. The molecule has 0 radical (unpaired) electrons. The van der Waals surface area contributed by atoms with Crippen molar-refractivity contribution < 1.29 is 23.0 Å². The number of hydrogen-bond acceptors (Lipinski definition) is 5. The maximum atomic E-state index is 12.7. The van der Waals surface area contributed by atoms with Gasteiger partial charge in [0.25, 0.3) is 0 Å². The maximum Gasteiger partial charge on any atom is 0.387 e. The number of methoxy groups -OCH3 is 1. The highest BCUT2D eigenvalue weighted by Crippen LogP contribution is 2.29. The lowest BCUT2D eigenvalue weighted by atomic mass is 10.1. The predicted molar refractivity (Wildman–Crippen MR) is 120 cm³/mol. The molecule has 172 valence electrons. The van der Waals surface area contributed by atoms with Gasteiger partial charge in [0.1, 0.15) is 0 Å². The summed E-state index contributed by atoms with van der Waals surface area (Å²) in [5, 5.41) is 3.09. The van der Waals surface area contributed by atoms with E-state index in [1.807, 2.05) is 30.3 Å². The molecule has 1 N–H and O–H groups in total. The van der Waals surface area contributed by atoms with E-state index in [2.05, 4.69) is 26.9 Å². The zero-order valence-corrected chi connectivity index (χ0v) is 18.3. The first-order chi connectivity index (χ1) is 15.4. The lowest BCUT2D eigenvalue weighted by Crippen LogP contribution is -2.47. The van der Waals surface area contributed by atoms with E-state index in [9.17, 15) is 13.6 Å². The number of piperazine rings is 1. The first-order valence-electron chi connectivity index (χ1n) is 10.5. The predicted octanol–water partition coefficient (Wildman–Crippen LogP) is 3.41. The zero-order valence-electron chi connectivity index (χ0n) is 18.3. The van der Waals surface area contributed by atoms with Crippen molar-refractivity contribution in [3.05, 3.63) is 65.7 Å². The van der Waals surface area contributed by atoms with Crippen LogP contribution in [0.25, 0.3) is 6.08 Å². The molecule has 2 aromatic carbocycles. The summed E-state index contributed by atoms with van der Waals surface area (Å²) in [6, 6.07) is 14.3. The van der Waals surface area contributed by atoms with Gasteiger partial charge in [0, 0.05) is 38.8 Å². The van der Waals surface area contributed by atoms with Crippen molar-refractivity contribution >= 4 is 12.0 Å². The van der Waals surface area contributed by atoms with Gasteiger partial charge in [-0.2, -0.15) is 8.78 Å². The smallest absolute Gasteiger partial charge is 0.387 e. The minimum absolute atomic E-state index is 0.0552. The summed E-state index contributed by atoms with van der Waals surface area (Å²) in [5.41, 5.74) is 1.68. The number of carbonyl (C=O) groups excluding carboxylic acids is 1. The quantitative estimate of drug-likeness (QED) is 0.600. The summed E-state index contributed by atoms with van der Waals surface area (Å²) < 4.78 is 34.5. The van der Waals surface area contributed by atoms with Crippen molar-refractivity contribution in [2.45, 2.75) is 12.7 Å². The van der Waals surface area contributed by atoms with Gasteiger partial charge in [-0.1, -0.05) is 36.4 Å². The Morgan fingerprint density at radius 3 is 2.47 bits per heavy atom. The van der Waals surface area contributed by atoms with Crippen LogP contribution in [0.2, 0.25) is 0 Å². The van der Waals surface area contributed by atoms with Crippen molar-refractivity contribution in [1.29, 1.82) is 0 Å². The highest BCUT2D eigenvalue weighted by atomic mass is 19.3. The molecule has 0 aromatic heterocycles. The fourth-order valence-corrected chi connectivity index (χ4v) is 3.58. The molecule has 8 heteroatoms. The number of hydrogen-bond donors (Lipinski definition) is 1. The van der Waals surface area contributed by atoms with Gasteiger partial charge in [0.15, 0.2) is 11.5 Å². The molecule has 3 rings (SSSR count). The number of alkyl halides is 2. The molecular weight excluding hydrogens is 416 g/mol. The summed E-state index contributed by atoms with van der Waals surface area (Å²) in [4.78, 5) is 17.3. The van der Waals surface area contributed by atoms with E-state index in [1.165, 1.54) is 19.3 Å². The van der Waals surface area contributed by atoms with Crippen LogP contribution in [-0.2, 0) is 4.79 Å². The summed E-state index contributed by atoms with van der Waals surface area (Å²) in [6.07, 6.45) is 3.05. The fraction of sp³-hybridized carbons (Fsp3) is 0.375. The van der Waals surface area contributed by atoms with Crippen LogP contribution in [0.5, 0.6) is 11.5 Å². The normalized spacial score (nSPS) is 16.3. The molecule has 1 amide bonds. The SMILES string of the molecule is COc1cc(/C=C/C(=O)NC(CN2CCN(C)CC2)c2ccccc2)ccc1OC(F)F. The van der Waals surface area contributed by atoms with Gasteiger partial charge >= 0.3 is 6.61 Å². The Balaban J connectivity index is 1.67. The topological polar surface area (TPSA) is 54.0 Å². The first kappa shape index (κ1) is 23.7. The number of amides is 1. The molecule has 2 aromatic rings. The van der Waals surface area contributed by atoms with Crippen molar-refractivity contribution in [3.63, 3.8) is 0 Å².